The van der Waals surface area contributed by atoms with E-state index in [0.717, 1.165) is 18.6 Å². The fourth-order valence-corrected chi connectivity index (χ4v) is 1.61. The summed E-state index contributed by atoms with van der Waals surface area (Å²) in [4.78, 5) is 13.3. The van der Waals surface area contributed by atoms with Crippen molar-refractivity contribution in [3.05, 3.63) is 42.0 Å². The molecular weight excluding hydrogens is 226 g/mol. The van der Waals surface area contributed by atoms with Gasteiger partial charge in [0.2, 0.25) is 0 Å². The highest BCUT2D eigenvalue weighted by Crippen LogP contribution is 2.16. The van der Waals surface area contributed by atoms with Gasteiger partial charge in [0.05, 0.1) is 5.69 Å². The molecule has 0 spiro atoms. The van der Waals surface area contributed by atoms with Gasteiger partial charge in [-0.2, -0.15) is 0 Å². The highest BCUT2D eigenvalue weighted by Gasteiger charge is 2.15. The van der Waals surface area contributed by atoms with Crippen LogP contribution in [0.3, 0.4) is 0 Å². The standard InChI is InChI=1S/C12H12F2N2O/c13-9-4-5-11(10(14)8-9)15-12(17)16-6-2-1-3-7-16/h1-2,4-5,8H,3,6-7H2,(H,15,17). The molecule has 1 heterocycles. The molecule has 2 rings (SSSR count). The predicted octanol–water partition coefficient (Wildman–Crippen LogP) is 2.76. The molecular formula is C12H12F2N2O. The largest absolute Gasteiger partial charge is 0.322 e. The Labute approximate surface area is 97.7 Å². The van der Waals surface area contributed by atoms with E-state index >= 15 is 0 Å². The van der Waals surface area contributed by atoms with E-state index in [1.807, 2.05) is 12.2 Å². The van der Waals surface area contributed by atoms with E-state index in [1.165, 1.54) is 6.07 Å². The maximum atomic E-state index is 13.3. The molecule has 0 radical (unpaired) electrons. The first-order valence-corrected chi connectivity index (χ1v) is 5.33. The van der Waals surface area contributed by atoms with Crippen LogP contribution in [0.4, 0.5) is 19.3 Å². The Bertz CT molecular complexity index is 460. The molecule has 0 unspecified atom stereocenters. The number of nitrogens with zero attached hydrogens (tertiary/aromatic N) is 1. The van der Waals surface area contributed by atoms with Crippen LogP contribution in [-0.4, -0.2) is 24.0 Å². The molecule has 0 saturated heterocycles. The molecule has 5 heteroatoms. The Hall–Kier alpha value is -1.91. The molecule has 90 valence electrons. The number of rotatable bonds is 1. The van der Waals surface area contributed by atoms with Gasteiger partial charge in [-0.05, 0) is 18.6 Å². The lowest BCUT2D eigenvalue weighted by Crippen LogP contribution is -2.37. The van der Waals surface area contributed by atoms with E-state index in [2.05, 4.69) is 5.32 Å². The minimum Gasteiger partial charge on any atom is -0.321 e. The van der Waals surface area contributed by atoms with Gasteiger partial charge in [0.25, 0.3) is 0 Å². The highest BCUT2D eigenvalue weighted by atomic mass is 19.1. The van der Waals surface area contributed by atoms with Crippen molar-refractivity contribution in [1.82, 2.24) is 4.90 Å². The molecule has 0 aliphatic carbocycles. The Morgan fingerprint density at radius 1 is 1.29 bits per heavy atom. The summed E-state index contributed by atoms with van der Waals surface area (Å²) < 4.78 is 26.0. The third-order valence-corrected chi connectivity index (χ3v) is 2.52. The maximum absolute atomic E-state index is 13.3. The number of carbonyl (C=O) groups excluding carboxylic acids is 1. The lowest BCUT2D eigenvalue weighted by Gasteiger charge is -2.23. The average molecular weight is 238 g/mol. The van der Waals surface area contributed by atoms with Crippen molar-refractivity contribution in [2.45, 2.75) is 6.42 Å². The second-order valence-electron chi connectivity index (χ2n) is 3.76. The summed E-state index contributed by atoms with van der Waals surface area (Å²) in [5.41, 5.74) is -0.00838. The van der Waals surface area contributed by atoms with Crippen molar-refractivity contribution >= 4 is 11.7 Å². The van der Waals surface area contributed by atoms with Gasteiger partial charge < -0.3 is 10.2 Å². The Kier molecular flexibility index (Phi) is 3.37. The number of urea groups is 1. The van der Waals surface area contributed by atoms with Gasteiger partial charge in [-0.3, -0.25) is 0 Å². The van der Waals surface area contributed by atoms with Crippen molar-refractivity contribution in [1.29, 1.82) is 0 Å². The summed E-state index contributed by atoms with van der Waals surface area (Å²) >= 11 is 0. The van der Waals surface area contributed by atoms with Gasteiger partial charge in [0.15, 0.2) is 0 Å². The number of halogens is 2. The van der Waals surface area contributed by atoms with E-state index in [0.29, 0.717) is 13.1 Å². The molecule has 1 aromatic carbocycles. The molecule has 2 amide bonds. The minimum atomic E-state index is -0.772. The van der Waals surface area contributed by atoms with E-state index in [9.17, 15) is 13.6 Å². The van der Waals surface area contributed by atoms with Crippen LogP contribution in [0.2, 0.25) is 0 Å². The number of anilines is 1. The van der Waals surface area contributed by atoms with Crippen molar-refractivity contribution in [2.24, 2.45) is 0 Å². The molecule has 3 nitrogen and oxygen atoms in total. The number of amides is 2. The zero-order chi connectivity index (χ0) is 12.3. The second-order valence-corrected chi connectivity index (χ2v) is 3.76. The molecule has 1 aliphatic heterocycles. The van der Waals surface area contributed by atoms with Crippen LogP contribution in [0.5, 0.6) is 0 Å². The van der Waals surface area contributed by atoms with E-state index in [1.54, 1.807) is 4.90 Å². The number of hydrogen-bond donors (Lipinski definition) is 1. The Morgan fingerprint density at radius 2 is 2.12 bits per heavy atom. The van der Waals surface area contributed by atoms with Crippen molar-refractivity contribution in [3.8, 4) is 0 Å². The van der Waals surface area contributed by atoms with Crippen LogP contribution in [0, 0.1) is 11.6 Å². The zero-order valence-corrected chi connectivity index (χ0v) is 9.12. The summed E-state index contributed by atoms with van der Waals surface area (Å²) in [5.74, 6) is -1.44. The van der Waals surface area contributed by atoms with E-state index < -0.39 is 11.6 Å². The monoisotopic (exact) mass is 238 g/mol. The van der Waals surface area contributed by atoms with Gasteiger partial charge >= 0.3 is 6.03 Å². The number of nitrogens with one attached hydrogen (secondary N) is 1. The van der Waals surface area contributed by atoms with Crippen molar-refractivity contribution in [3.63, 3.8) is 0 Å². The summed E-state index contributed by atoms with van der Waals surface area (Å²) in [6, 6.07) is 2.68. The van der Waals surface area contributed by atoms with Gasteiger partial charge in [0.1, 0.15) is 11.6 Å². The third-order valence-electron chi connectivity index (χ3n) is 2.52. The Morgan fingerprint density at radius 3 is 2.76 bits per heavy atom. The molecule has 17 heavy (non-hydrogen) atoms. The number of benzene rings is 1. The van der Waals surface area contributed by atoms with Gasteiger partial charge in [-0.25, -0.2) is 13.6 Å². The zero-order valence-electron chi connectivity index (χ0n) is 9.12. The van der Waals surface area contributed by atoms with E-state index in [-0.39, 0.29) is 11.7 Å². The van der Waals surface area contributed by atoms with Crippen LogP contribution < -0.4 is 5.32 Å². The van der Waals surface area contributed by atoms with Crippen LogP contribution in [0.1, 0.15) is 6.42 Å². The molecule has 1 N–H and O–H groups in total. The first-order valence-electron chi connectivity index (χ1n) is 5.33. The van der Waals surface area contributed by atoms with E-state index in [4.69, 9.17) is 0 Å². The highest BCUT2D eigenvalue weighted by molar-refractivity contribution is 5.89. The lowest BCUT2D eigenvalue weighted by atomic mass is 10.2. The van der Waals surface area contributed by atoms with Crippen LogP contribution in [-0.2, 0) is 0 Å². The quantitative estimate of drug-likeness (QED) is 0.749. The molecule has 0 aromatic heterocycles. The predicted molar refractivity (Wildman–Crippen MR) is 60.7 cm³/mol. The topological polar surface area (TPSA) is 32.3 Å². The molecule has 0 saturated carbocycles. The smallest absolute Gasteiger partial charge is 0.321 e. The Balaban J connectivity index is 2.05. The fraction of sp³-hybridized carbons (Fsp3) is 0.250. The molecule has 0 bridgehead atoms. The van der Waals surface area contributed by atoms with Crippen molar-refractivity contribution < 1.29 is 13.6 Å². The van der Waals surface area contributed by atoms with Crippen molar-refractivity contribution in [2.75, 3.05) is 18.4 Å². The number of hydrogen-bond acceptors (Lipinski definition) is 1. The van der Waals surface area contributed by atoms with Gasteiger partial charge in [0, 0.05) is 19.2 Å². The molecule has 0 atom stereocenters. The first-order chi connectivity index (χ1) is 8.16. The number of carbonyl (C=O) groups is 1. The molecule has 1 aliphatic rings. The maximum Gasteiger partial charge on any atom is 0.322 e. The van der Waals surface area contributed by atoms with Crippen LogP contribution in [0.25, 0.3) is 0 Å². The summed E-state index contributed by atoms with van der Waals surface area (Å²) in [5, 5.41) is 2.42. The van der Waals surface area contributed by atoms with Crippen LogP contribution in [0.15, 0.2) is 30.4 Å². The average Bonchev–Trinajstić information content (AvgIpc) is 2.34. The van der Waals surface area contributed by atoms with Crippen LogP contribution >= 0.6 is 0 Å². The SMILES string of the molecule is O=C(Nc1ccc(F)cc1F)N1CC=CCC1. The van der Waals surface area contributed by atoms with Gasteiger partial charge in [-0.15, -0.1) is 0 Å². The molecule has 0 fully saturated rings. The second kappa shape index (κ2) is 4.95. The third kappa shape index (κ3) is 2.81. The fourth-order valence-electron chi connectivity index (χ4n) is 1.61. The molecule has 1 aromatic rings. The minimum absolute atomic E-state index is 0.00838. The normalized spacial score (nSPS) is 14.8. The summed E-state index contributed by atoms with van der Waals surface area (Å²) in [6.45, 7) is 1.11. The first kappa shape index (κ1) is 11.6. The summed E-state index contributed by atoms with van der Waals surface area (Å²) in [7, 11) is 0. The van der Waals surface area contributed by atoms with Gasteiger partial charge in [-0.1, -0.05) is 12.2 Å². The summed E-state index contributed by atoms with van der Waals surface area (Å²) in [6.07, 6.45) is 4.66. The lowest BCUT2D eigenvalue weighted by molar-refractivity contribution is 0.216.